The van der Waals surface area contributed by atoms with Crippen molar-refractivity contribution in [1.29, 1.82) is 0 Å². The van der Waals surface area contributed by atoms with Crippen molar-refractivity contribution in [2.24, 2.45) is 0 Å². The van der Waals surface area contributed by atoms with Crippen LogP contribution in [0.2, 0.25) is 0 Å². The molecule has 2 N–H and O–H groups in total. The van der Waals surface area contributed by atoms with Crippen molar-refractivity contribution in [3.63, 3.8) is 0 Å². The van der Waals surface area contributed by atoms with E-state index in [1.165, 1.54) is 13.3 Å². The molecular formula is C18H22N4O3. The molecule has 0 aliphatic carbocycles. The molecule has 0 saturated carbocycles. The van der Waals surface area contributed by atoms with Crippen molar-refractivity contribution < 1.29 is 14.3 Å². The molecule has 7 heteroatoms. The third kappa shape index (κ3) is 5.29. The molecule has 0 unspecified atom stereocenters. The molecular weight excluding hydrogens is 320 g/mol. The number of nitrogens with zero attached hydrogens (tertiary/aromatic N) is 2. The monoisotopic (exact) mass is 342 g/mol. The number of carbonyl (C=O) groups is 2. The van der Waals surface area contributed by atoms with E-state index in [1.807, 2.05) is 27.1 Å². The number of amides is 2. The Morgan fingerprint density at radius 2 is 1.92 bits per heavy atom. The van der Waals surface area contributed by atoms with Gasteiger partial charge in [-0.1, -0.05) is 6.07 Å². The van der Waals surface area contributed by atoms with Gasteiger partial charge in [-0.05, 0) is 44.8 Å². The first-order chi connectivity index (χ1) is 11.9. The average molecular weight is 342 g/mol. The fraction of sp³-hybridized carbons (Fsp3) is 0.278. The van der Waals surface area contributed by atoms with Gasteiger partial charge >= 0.3 is 0 Å². The second kappa shape index (κ2) is 8.25. The first-order valence-corrected chi connectivity index (χ1v) is 7.75. The number of rotatable bonds is 6. The molecule has 0 bridgehead atoms. The minimum atomic E-state index is -0.287. The van der Waals surface area contributed by atoms with Crippen LogP contribution < -0.4 is 15.4 Å². The lowest BCUT2D eigenvalue weighted by Gasteiger charge is -2.13. The van der Waals surface area contributed by atoms with Gasteiger partial charge in [0.05, 0.1) is 19.2 Å². The second-order valence-electron chi connectivity index (χ2n) is 5.86. The maximum Gasteiger partial charge on any atom is 0.257 e. The molecule has 132 valence electrons. The number of aromatic nitrogens is 1. The molecule has 7 nitrogen and oxygen atoms in total. The molecule has 0 radical (unpaired) electrons. The topological polar surface area (TPSA) is 83.6 Å². The third-order valence-corrected chi connectivity index (χ3v) is 3.44. The number of nitrogens with one attached hydrogen (secondary N) is 2. The van der Waals surface area contributed by atoms with Gasteiger partial charge in [-0.3, -0.25) is 9.59 Å². The van der Waals surface area contributed by atoms with Crippen LogP contribution in [0.3, 0.4) is 0 Å². The number of aryl methyl sites for hydroxylation is 1. The largest absolute Gasteiger partial charge is 0.481 e. The number of methoxy groups -OCH3 is 1. The smallest absolute Gasteiger partial charge is 0.257 e. The summed E-state index contributed by atoms with van der Waals surface area (Å²) < 4.78 is 4.97. The fourth-order valence-corrected chi connectivity index (χ4v) is 2.15. The number of pyridine rings is 1. The van der Waals surface area contributed by atoms with E-state index < -0.39 is 0 Å². The quantitative estimate of drug-likeness (QED) is 0.840. The van der Waals surface area contributed by atoms with Crippen molar-refractivity contribution >= 4 is 23.2 Å². The van der Waals surface area contributed by atoms with E-state index in [0.29, 0.717) is 22.8 Å². The standard InChI is InChI=1S/C18H22N4O3/c1-12-5-7-14(9-15(12)21-16(23)11-22(2)3)20-18(24)13-6-8-17(25-4)19-10-13/h5-10H,11H2,1-4H3,(H,20,24)(H,21,23). The number of benzene rings is 1. The Kier molecular flexibility index (Phi) is 6.08. The molecule has 2 amide bonds. The highest BCUT2D eigenvalue weighted by Gasteiger charge is 2.10. The van der Waals surface area contributed by atoms with Crippen LogP contribution in [0.5, 0.6) is 5.88 Å². The molecule has 2 rings (SSSR count). The van der Waals surface area contributed by atoms with Crippen LogP contribution in [0.4, 0.5) is 11.4 Å². The zero-order chi connectivity index (χ0) is 18.4. The lowest BCUT2D eigenvalue weighted by Crippen LogP contribution is -2.27. The SMILES string of the molecule is COc1ccc(C(=O)Nc2ccc(C)c(NC(=O)CN(C)C)c2)cn1. The van der Waals surface area contributed by atoms with Gasteiger partial charge in [0.2, 0.25) is 11.8 Å². The van der Waals surface area contributed by atoms with Crippen LogP contribution >= 0.6 is 0 Å². The molecule has 0 atom stereocenters. The highest BCUT2D eigenvalue weighted by Crippen LogP contribution is 2.21. The average Bonchev–Trinajstić information content (AvgIpc) is 2.57. The van der Waals surface area contributed by atoms with Crippen LogP contribution in [-0.4, -0.2) is 49.4 Å². The molecule has 0 aliphatic rings. The van der Waals surface area contributed by atoms with Crippen LogP contribution in [0.25, 0.3) is 0 Å². The Bertz CT molecular complexity index is 757. The Balaban J connectivity index is 2.10. The number of likely N-dealkylation sites (N-methyl/N-ethyl adjacent to an activating group) is 1. The summed E-state index contributed by atoms with van der Waals surface area (Å²) in [6.45, 7) is 2.18. The van der Waals surface area contributed by atoms with Crippen LogP contribution in [-0.2, 0) is 4.79 Å². The molecule has 2 aromatic rings. The van der Waals surface area contributed by atoms with Crippen molar-refractivity contribution in [2.75, 3.05) is 38.4 Å². The first-order valence-electron chi connectivity index (χ1n) is 7.75. The number of hydrogen-bond donors (Lipinski definition) is 2. The summed E-state index contributed by atoms with van der Waals surface area (Å²) in [6, 6.07) is 8.61. The molecule has 25 heavy (non-hydrogen) atoms. The highest BCUT2D eigenvalue weighted by atomic mass is 16.5. The van der Waals surface area contributed by atoms with Gasteiger partial charge in [0, 0.05) is 23.6 Å². The van der Waals surface area contributed by atoms with E-state index in [4.69, 9.17) is 4.74 Å². The first kappa shape index (κ1) is 18.4. The number of ether oxygens (including phenoxy) is 1. The van der Waals surface area contributed by atoms with Gasteiger partial charge in [0.15, 0.2) is 0 Å². The van der Waals surface area contributed by atoms with E-state index in [0.717, 1.165) is 5.56 Å². The Morgan fingerprint density at radius 1 is 1.16 bits per heavy atom. The summed E-state index contributed by atoms with van der Waals surface area (Å²) in [7, 11) is 5.17. The number of anilines is 2. The lowest BCUT2D eigenvalue weighted by atomic mass is 10.1. The molecule has 0 aliphatic heterocycles. The zero-order valence-electron chi connectivity index (χ0n) is 14.8. The summed E-state index contributed by atoms with van der Waals surface area (Å²) >= 11 is 0. The van der Waals surface area contributed by atoms with E-state index >= 15 is 0 Å². The minimum absolute atomic E-state index is 0.115. The van der Waals surface area contributed by atoms with Crippen LogP contribution in [0.1, 0.15) is 15.9 Å². The Hall–Kier alpha value is -2.93. The normalized spacial score (nSPS) is 10.4. The summed E-state index contributed by atoms with van der Waals surface area (Å²) in [5.41, 5.74) is 2.58. The summed E-state index contributed by atoms with van der Waals surface area (Å²) in [6.07, 6.45) is 1.45. The van der Waals surface area contributed by atoms with Gasteiger partial charge in [0.1, 0.15) is 0 Å². The van der Waals surface area contributed by atoms with Crippen molar-refractivity contribution in [1.82, 2.24) is 9.88 Å². The maximum atomic E-state index is 12.3. The van der Waals surface area contributed by atoms with E-state index in [1.54, 1.807) is 29.2 Å². The molecule has 0 saturated heterocycles. The molecule has 1 aromatic carbocycles. The predicted octanol–water partition coefficient (Wildman–Crippen LogP) is 2.15. The van der Waals surface area contributed by atoms with Gasteiger partial charge in [0.25, 0.3) is 5.91 Å². The second-order valence-corrected chi connectivity index (χ2v) is 5.86. The maximum absolute atomic E-state index is 12.3. The van der Waals surface area contributed by atoms with E-state index in [2.05, 4.69) is 15.6 Å². The Labute approximate surface area is 147 Å². The number of hydrogen-bond acceptors (Lipinski definition) is 5. The van der Waals surface area contributed by atoms with Crippen molar-refractivity contribution in [3.05, 3.63) is 47.7 Å². The van der Waals surface area contributed by atoms with Gasteiger partial charge < -0.3 is 20.3 Å². The highest BCUT2D eigenvalue weighted by molar-refractivity contribution is 6.04. The third-order valence-electron chi connectivity index (χ3n) is 3.44. The van der Waals surface area contributed by atoms with Gasteiger partial charge in [-0.15, -0.1) is 0 Å². The summed E-state index contributed by atoms with van der Waals surface area (Å²) in [4.78, 5) is 30.0. The molecule has 0 spiro atoms. The fourth-order valence-electron chi connectivity index (χ4n) is 2.15. The molecule has 0 fully saturated rings. The zero-order valence-corrected chi connectivity index (χ0v) is 14.8. The predicted molar refractivity (Wildman–Crippen MR) is 97.1 cm³/mol. The Morgan fingerprint density at radius 3 is 2.52 bits per heavy atom. The molecule has 1 heterocycles. The van der Waals surface area contributed by atoms with Crippen LogP contribution in [0, 0.1) is 6.92 Å². The lowest BCUT2D eigenvalue weighted by molar-refractivity contribution is -0.116. The summed E-state index contributed by atoms with van der Waals surface area (Å²) in [5.74, 6) is 0.0401. The van der Waals surface area contributed by atoms with E-state index in [9.17, 15) is 9.59 Å². The van der Waals surface area contributed by atoms with Gasteiger partial charge in [-0.25, -0.2) is 4.98 Å². The number of carbonyl (C=O) groups excluding carboxylic acids is 2. The van der Waals surface area contributed by atoms with Crippen molar-refractivity contribution in [2.45, 2.75) is 6.92 Å². The minimum Gasteiger partial charge on any atom is -0.481 e. The van der Waals surface area contributed by atoms with Crippen LogP contribution in [0.15, 0.2) is 36.5 Å². The van der Waals surface area contributed by atoms with E-state index in [-0.39, 0.29) is 18.4 Å². The summed E-state index contributed by atoms with van der Waals surface area (Å²) in [5, 5.41) is 5.65. The van der Waals surface area contributed by atoms with Gasteiger partial charge in [-0.2, -0.15) is 0 Å². The van der Waals surface area contributed by atoms with Crippen molar-refractivity contribution in [3.8, 4) is 5.88 Å². The molecule has 1 aromatic heterocycles.